The Hall–Kier alpha value is 0.310. The molecule has 1 nitrogen and oxygen atoms in total. The van der Waals surface area contributed by atoms with Gasteiger partial charge in [-0.05, 0) is 43.2 Å². The Morgan fingerprint density at radius 1 is 1.50 bits per heavy atom. The highest BCUT2D eigenvalue weighted by Gasteiger charge is 2.20. The third-order valence-electron chi connectivity index (χ3n) is 2.08. The van der Waals surface area contributed by atoms with Crippen molar-refractivity contribution in [3.8, 4) is 0 Å². The summed E-state index contributed by atoms with van der Waals surface area (Å²) in [6, 6.07) is 0.878. The molecule has 72 valence electrons. The average molecular weight is 187 g/mol. The van der Waals surface area contributed by atoms with E-state index in [4.69, 9.17) is 0 Å². The Kier molecular flexibility index (Phi) is 5.08. The maximum absolute atomic E-state index is 3.57. The van der Waals surface area contributed by atoms with E-state index in [-0.39, 0.29) is 0 Å². The molecule has 1 saturated carbocycles. The van der Waals surface area contributed by atoms with Gasteiger partial charge in [-0.3, -0.25) is 0 Å². The summed E-state index contributed by atoms with van der Waals surface area (Å²) in [6.07, 6.45) is 4.14. The van der Waals surface area contributed by atoms with Crippen LogP contribution in [0.25, 0.3) is 0 Å². The zero-order valence-electron chi connectivity index (χ0n) is 8.31. The van der Waals surface area contributed by atoms with Crippen molar-refractivity contribution < 1.29 is 0 Å². The molecule has 12 heavy (non-hydrogen) atoms. The highest BCUT2D eigenvalue weighted by Crippen LogP contribution is 2.19. The van der Waals surface area contributed by atoms with Gasteiger partial charge < -0.3 is 5.32 Å². The van der Waals surface area contributed by atoms with Crippen molar-refractivity contribution in [2.75, 3.05) is 18.1 Å². The molecule has 0 bridgehead atoms. The molecule has 1 N–H and O–H groups in total. The summed E-state index contributed by atoms with van der Waals surface area (Å²) in [4.78, 5) is 0. The van der Waals surface area contributed by atoms with Crippen LogP contribution in [0.2, 0.25) is 0 Å². The van der Waals surface area contributed by atoms with Crippen LogP contribution in [0.4, 0.5) is 0 Å². The van der Waals surface area contributed by atoms with Crippen LogP contribution < -0.4 is 5.32 Å². The third-order valence-corrected chi connectivity index (χ3v) is 3.58. The van der Waals surface area contributed by atoms with Crippen LogP contribution in [-0.2, 0) is 0 Å². The maximum Gasteiger partial charge on any atom is 0.00683 e. The molecule has 0 spiro atoms. The van der Waals surface area contributed by atoms with Crippen LogP contribution in [0, 0.1) is 5.92 Å². The molecule has 0 aliphatic heterocycles. The minimum Gasteiger partial charge on any atom is -0.314 e. The van der Waals surface area contributed by atoms with E-state index in [1.54, 1.807) is 0 Å². The van der Waals surface area contributed by atoms with Gasteiger partial charge in [0.15, 0.2) is 0 Å². The van der Waals surface area contributed by atoms with Gasteiger partial charge >= 0.3 is 0 Å². The van der Waals surface area contributed by atoms with Crippen LogP contribution in [-0.4, -0.2) is 24.1 Å². The molecule has 1 aliphatic rings. The Balaban J connectivity index is 1.84. The highest BCUT2D eigenvalue weighted by molar-refractivity contribution is 7.99. The Morgan fingerprint density at radius 3 is 2.83 bits per heavy atom. The average Bonchev–Trinajstić information content (AvgIpc) is 2.84. The SMILES string of the molecule is CCCSCC(C)CNC1CC1. The van der Waals surface area contributed by atoms with Crippen LogP contribution in [0.15, 0.2) is 0 Å². The van der Waals surface area contributed by atoms with Gasteiger partial charge in [-0.25, -0.2) is 0 Å². The molecular formula is C10H21NS. The van der Waals surface area contributed by atoms with Gasteiger partial charge in [0.05, 0.1) is 0 Å². The normalized spacial score (nSPS) is 19.5. The maximum atomic E-state index is 3.57. The zero-order chi connectivity index (χ0) is 8.81. The third kappa shape index (κ3) is 5.04. The lowest BCUT2D eigenvalue weighted by molar-refractivity contribution is 0.556. The van der Waals surface area contributed by atoms with E-state index in [0.29, 0.717) is 0 Å². The summed E-state index contributed by atoms with van der Waals surface area (Å²) in [5, 5.41) is 3.57. The summed E-state index contributed by atoms with van der Waals surface area (Å²) in [6.45, 7) is 5.82. The second-order valence-corrected chi connectivity index (χ2v) is 5.01. The lowest BCUT2D eigenvalue weighted by Gasteiger charge is -2.11. The van der Waals surface area contributed by atoms with Gasteiger partial charge in [-0.15, -0.1) is 0 Å². The Morgan fingerprint density at radius 2 is 2.25 bits per heavy atom. The van der Waals surface area contributed by atoms with Gasteiger partial charge in [0.2, 0.25) is 0 Å². The number of hydrogen-bond donors (Lipinski definition) is 1. The molecule has 0 saturated heterocycles. The Bertz CT molecular complexity index is 112. The summed E-state index contributed by atoms with van der Waals surface area (Å²) in [5.41, 5.74) is 0. The topological polar surface area (TPSA) is 12.0 Å². The highest BCUT2D eigenvalue weighted by atomic mass is 32.2. The first-order valence-electron chi connectivity index (χ1n) is 5.14. The van der Waals surface area contributed by atoms with E-state index in [1.807, 2.05) is 0 Å². The lowest BCUT2D eigenvalue weighted by atomic mass is 10.2. The van der Waals surface area contributed by atoms with Crippen LogP contribution >= 0.6 is 11.8 Å². The predicted octanol–water partition coefficient (Wildman–Crippen LogP) is 2.52. The molecule has 1 aliphatic carbocycles. The zero-order valence-corrected chi connectivity index (χ0v) is 9.12. The van der Waals surface area contributed by atoms with E-state index in [1.165, 1.54) is 37.3 Å². The lowest BCUT2D eigenvalue weighted by Crippen LogP contribution is -2.24. The summed E-state index contributed by atoms with van der Waals surface area (Å²) in [7, 11) is 0. The monoisotopic (exact) mass is 187 g/mol. The molecule has 0 heterocycles. The fourth-order valence-electron chi connectivity index (χ4n) is 1.14. The summed E-state index contributed by atoms with van der Waals surface area (Å²) >= 11 is 2.09. The number of rotatable bonds is 7. The van der Waals surface area contributed by atoms with Crippen LogP contribution in [0.5, 0.6) is 0 Å². The minimum atomic E-state index is 0.849. The van der Waals surface area contributed by atoms with Gasteiger partial charge in [0.1, 0.15) is 0 Å². The van der Waals surface area contributed by atoms with Crippen molar-refractivity contribution in [3.63, 3.8) is 0 Å². The minimum absolute atomic E-state index is 0.849. The van der Waals surface area contributed by atoms with E-state index in [9.17, 15) is 0 Å². The Labute approximate surface area is 80.7 Å². The van der Waals surface area contributed by atoms with Crippen molar-refractivity contribution in [2.24, 2.45) is 5.92 Å². The van der Waals surface area contributed by atoms with Crippen molar-refractivity contribution in [1.82, 2.24) is 5.32 Å². The first-order valence-corrected chi connectivity index (χ1v) is 6.29. The van der Waals surface area contributed by atoms with Gasteiger partial charge in [-0.1, -0.05) is 13.8 Å². The van der Waals surface area contributed by atoms with Gasteiger partial charge in [0.25, 0.3) is 0 Å². The fourth-order valence-corrected chi connectivity index (χ4v) is 2.12. The molecule has 0 aromatic heterocycles. The van der Waals surface area contributed by atoms with Crippen molar-refractivity contribution in [1.29, 1.82) is 0 Å². The van der Waals surface area contributed by atoms with Crippen molar-refractivity contribution in [2.45, 2.75) is 39.2 Å². The summed E-state index contributed by atoms with van der Waals surface area (Å²) in [5.74, 6) is 3.50. The molecule has 0 radical (unpaired) electrons. The molecule has 0 amide bonds. The molecule has 1 rings (SSSR count). The molecule has 0 aromatic rings. The first-order chi connectivity index (χ1) is 5.83. The van der Waals surface area contributed by atoms with Crippen molar-refractivity contribution in [3.05, 3.63) is 0 Å². The fraction of sp³-hybridized carbons (Fsp3) is 1.00. The molecule has 1 fully saturated rings. The van der Waals surface area contributed by atoms with Gasteiger partial charge in [-0.2, -0.15) is 11.8 Å². The number of nitrogens with one attached hydrogen (secondary N) is 1. The van der Waals surface area contributed by atoms with E-state index < -0.39 is 0 Å². The molecule has 1 atom stereocenters. The predicted molar refractivity (Wildman–Crippen MR) is 57.8 cm³/mol. The smallest absolute Gasteiger partial charge is 0.00683 e. The number of thioether (sulfide) groups is 1. The summed E-state index contributed by atoms with van der Waals surface area (Å²) < 4.78 is 0. The molecular weight excluding hydrogens is 166 g/mol. The van der Waals surface area contributed by atoms with Gasteiger partial charge in [0, 0.05) is 6.04 Å². The molecule has 2 heteroatoms. The van der Waals surface area contributed by atoms with E-state index >= 15 is 0 Å². The van der Waals surface area contributed by atoms with E-state index in [0.717, 1.165) is 12.0 Å². The van der Waals surface area contributed by atoms with E-state index in [2.05, 4.69) is 30.9 Å². The standard InChI is InChI=1S/C10H21NS/c1-3-6-12-8-9(2)7-11-10-4-5-10/h9-11H,3-8H2,1-2H3. The quantitative estimate of drug-likeness (QED) is 0.615. The second-order valence-electron chi connectivity index (χ2n) is 3.86. The van der Waals surface area contributed by atoms with Crippen molar-refractivity contribution >= 4 is 11.8 Å². The molecule has 0 aromatic carbocycles. The molecule has 1 unspecified atom stereocenters. The second kappa shape index (κ2) is 5.87. The largest absolute Gasteiger partial charge is 0.314 e. The first kappa shape index (κ1) is 10.4. The van der Waals surface area contributed by atoms with Crippen LogP contribution in [0.3, 0.4) is 0 Å². The number of hydrogen-bond acceptors (Lipinski definition) is 2. The van der Waals surface area contributed by atoms with Crippen LogP contribution in [0.1, 0.15) is 33.1 Å².